The molecule has 26 heavy (non-hydrogen) atoms. The van der Waals surface area contributed by atoms with Gasteiger partial charge in [-0.25, -0.2) is 0 Å². The number of nitrogens with zero attached hydrogens (tertiary/aromatic N) is 1. The van der Waals surface area contributed by atoms with Crippen molar-refractivity contribution in [3.05, 3.63) is 75.4 Å². The van der Waals surface area contributed by atoms with Crippen LogP contribution in [-0.2, 0) is 17.6 Å². The maximum absolute atomic E-state index is 12.7. The molecule has 0 bridgehead atoms. The van der Waals surface area contributed by atoms with Crippen molar-refractivity contribution in [1.82, 2.24) is 10.5 Å². The second-order valence-corrected chi connectivity index (χ2v) is 7.53. The van der Waals surface area contributed by atoms with Crippen molar-refractivity contribution >= 4 is 21.8 Å². The van der Waals surface area contributed by atoms with E-state index in [1.165, 1.54) is 11.1 Å². The number of halogens is 1. The molecule has 0 aliphatic heterocycles. The molecule has 0 spiro atoms. The van der Waals surface area contributed by atoms with Gasteiger partial charge in [-0.3, -0.25) is 4.79 Å². The molecule has 5 heteroatoms. The molecule has 4 rings (SSSR count). The van der Waals surface area contributed by atoms with Crippen molar-refractivity contribution in [3.63, 3.8) is 0 Å². The van der Waals surface area contributed by atoms with Crippen molar-refractivity contribution in [3.8, 4) is 11.3 Å². The Hall–Kier alpha value is -2.40. The van der Waals surface area contributed by atoms with E-state index < -0.39 is 0 Å². The first-order valence-electron chi connectivity index (χ1n) is 8.70. The summed E-state index contributed by atoms with van der Waals surface area (Å²) >= 11 is 3.43. The fourth-order valence-electron chi connectivity index (χ4n) is 3.54. The number of carbonyl (C=O) groups excluding carboxylic acids is 1. The van der Waals surface area contributed by atoms with Crippen LogP contribution in [0.25, 0.3) is 11.3 Å². The van der Waals surface area contributed by atoms with E-state index in [1.807, 2.05) is 43.3 Å². The average Bonchev–Trinajstić information content (AvgIpc) is 3.21. The number of hydrogen-bond acceptors (Lipinski definition) is 3. The predicted octanol–water partition coefficient (Wildman–Crippen LogP) is 4.76. The molecule has 1 amide bonds. The van der Waals surface area contributed by atoms with Crippen molar-refractivity contribution in [1.29, 1.82) is 0 Å². The number of carbonyl (C=O) groups is 1. The van der Waals surface area contributed by atoms with Crippen LogP contribution >= 0.6 is 15.9 Å². The Morgan fingerprint density at radius 3 is 2.81 bits per heavy atom. The lowest BCUT2D eigenvalue weighted by Gasteiger charge is -2.14. The van der Waals surface area contributed by atoms with E-state index in [1.54, 1.807) is 0 Å². The number of fused-ring (bicyclic) bond motifs is 1. The van der Waals surface area contributed by atoms with Crippen LogP contribution in [0, 0.1) is 6.92 Å². The van der Waals surface area contributed by atoms with Gasteiger partial charge in [-0.15, -0.1) is 0 Å². The van der Waals surface area contributed by atoms with Gasteiger partial charge < -0.3 is 9.84 Å². The summed E-state index contributed by atoms with van der Waals surface area (Å²) in [6, 6.07) is 16.2. The Morgan fingerprint density at radius 2 is 2.00 bits per heavy atom. The van der Waals surface area contributed by atoms with Crippen molar-refractivity contribution < 1.29 is 9.32 Å². The van der Waals surface area contributed by atoms with Crippen LogP contribution in [0.4, 0.5) is 0 Å². The van der Waals surface area contributed by atoms with E-state index in [0.717, 1.165) is 34.1 Å². The highest BCUT2D eigenvalue weighted by molar-refractivity contribution is 9.10. The van der Waals surface area contributed by atoms with E-state index in [4.69, 9.17) is 4.52 Å². The van der Waals surface area contributed by atoms with E-state index in [9.17, 15) is 4.79 Å². The number of aryl methyl sites for hydroxylation is 2. The lowest BCUT2D eigenvalue weighted by molar-refractivity contribution is -0.121. The van der Waals surface area contributed by atoms with Gasteiger partial charge in [0, 0.05) is 15.6 Å². The molecule has 0 unspecified atom stereocenters. The molecule has 4 nitrogen and oxygen atoms in total. The number of hydrogen-bond donors (Lipinski definition) is 1. The van der Waals surface area contributed by atoms with Crippen molar-refractivity contribution in [2.24, 2.45) is 0 Å². The van der Waals surface area contributed by atoms with E-state index >= 15 is 0 Å². The molecule has 1 aliphatic rings. The summed E-state index contributed by atoms with van der Waals surface area (Å²) < 4.78 is 6.50. The number of aromatic nitrogens is 1. The summed E-state index contributed by atoms with van der Waals surface area (Å²) in [5, 5.41) is 7.24. The Bertz CT molecular complexity index is 947. The zero-order valence-corrected chi connectivity index (χ0v) is 16.0. The third kappa shape index (κ3) is 3.31. The van der Waals surface area contributed by atoms with Crippen LogP contribution in [0.2, 0.25) is 0 Å². The molecule has 2 aromatic carbocycles. The Balaban J connectivity index is 1.52. The molecule has 1 heterocycles. The first kappa shape index (κ1) is 17.0. The van der Waals surface area contributed by atoms with Crippen LogP contribution in [0.15, 0.2) is 57.5 Å². The van der Waals surface area contributed by atoms with Gasteiger partial charge in [-0.1, -0.05) is 57.5 Å². The molecule has 1 aliphatic carbocycles. The Kier molecular flexibility index (Phi) is 4.64. The summed E-state index contributed by atoms with van der Waals surface area (Å²) in [6.07, 6.45) is 2.23. The minimum atomic E-state index is -0.00337. The van der Waals surface area contributed by atoms with E-state index in [2.05, 4.69) is 38.5 Å². The van der Waals surface area contributed by atoms with Gasteiger partial charge in [0.2, 0.25) is 5.91 Å². The second kappa shape index (κ2) is 7.08. The normalized spacial score (nSPS) is 15.7. The smallest absolute Gasteiger partial charge is 0.225 e. The summed E-state index contributed by atoms with van der Waals surface area (Å²) in [7, 11) is 0. The maximum atomic E-state index is 12.7. The third-order valence-electron chi connectivity index (χ3n) is 4.90. The predicted molar refractivity (Wildman–Crippen MR) is 104 cm³/mol. The summed E-state index contributed by atoms with van der Waals surface area (Å²) in [5.41, 5.74) is 5.08. The van der Waals surface area contributed by atoms with Crippen LogP contribution in [0.1, 0.15) is 34.8 Å². The zero-order valence-electron chi connectivity index (χ0n) is 14.5. The summed E-state index contributed by atoms with van der Waals surface area (Å²) in [5.74, 6) is 0.660. The van der Waals surface area contributed by atoms with Crippen molar-refractivity contribution in [2.45, 2.75) is 32.2 Å². The fraction of sp³-hybridized carbons (Fsp3) is 0.238. The highest BCUT2D eigenvalue weighted by Crippen LogP contribution is 2.31. The molecule has 1 atom stereocenters. The van der Waals surface area contributed by atoms with Gasteiger partial charge in [-0.2, -0.15) is 0 Å². The lowest BCUT2D eigenvalue weighted by atomic mass is 10.0. The first-order chi connectivity index (χ1) is 12.6. The molecule has 1 aromatic heterocycles. The van der Waals surface area contributed by atoms with Gasteiger partial charge >= 0.3 is 0 Å². The van der Waals surface area contributed by atoms with Gasteiger partial charge in [0.15, 0.2) is 5.76 Å². The molecule has 0 radical (unpaired) electrons. The largest absolute Gasteiger partial charge is 0.356 e. The zero-order chi connectivity index (χ0) is 18.1. The van der Waals surface area contributed by atoms with Crippen molar-refractivity contribution in [2.75, 3.05) is 0 Å². The second-order valence-electron chi connectivity index (χ2n) is 6.62. The molecule has 0 fully saturated rings. The summed E-state index contributed by atoms with van der Waals surface area (Å²) in [4.78, 5) is 12.7. The SMILES string of the molecule is Cc1noc(-c2ccc(Br)cc2)c1CC(=O)N[C@H]1CCc2ccccc21. The number of amides is 1. The fourth-order valence-corrected chi connectivity index (χ4v) is 3.80. The standard InChI is InChI=1S/C21H19BrN2O2/c1-13-18(21(26-24-13)15-6-9-16(22)10-7-15)12-20(25)23-19-11-8-14-4-2-3-5-17(14)19/h2-7,9-10,19H,8,11-12H2,1H3,(H,23,25)/t19-/m0/s1. The highest BCUT2D eigenvalue weighted by Gasteiger charge is 2.25. The van der Waals surface area contributed by atoms with Crippen LogP contribution < -0.4 is 5.32 Å². The van der Waals surface area contributed by atoms with Crippen LogP contribution in [0.5, 0.6) is 0 Å². The third-order valence-corrected chi connectivity index (χ3v) is 5.43. The van der Waals surface area contributed by atoms with E-state index in [-0.39, 0.29) is 18.4 Å². The highest BCUT2D eigenvalue weighted by atomic mass is 79.9. The molecular formula is C21H19BrN2O2. The number of rotatable bonds is 4. The lowest BCUT2D eigenvalue weighted by Crippen LogP contribution is -2.28. The summed E-state index contributed by atoms with van der Waals surface area (Å²) in [6.45, 7) is 1.87. The molecule has 0 saturated heterocycles. The number of nitrogens with one attached hydrogen (secondary N) is 1. The molecule has 132 valence electrons. The maximum Gasteiger partial charge on any atom is 0.225 e. The monoisotopic (exact) mass is 410 g/mol. The molecule has 1 N–H and O–H groups in total. The van der Waals surface area contributed by atoms with Gasteiger partial charge in [0.1, 0.15) is 0 Å². The Labute approximate surface area is 160 Å². The van der Waals surface area contributed by atoms with Crippen LogP contribution in [-0.4, -0.2) is 11.1 Å². The minimum absolute atomic E-state index is 0.00337. The minimum Gasteiger partial charge on any atom is -0.356 e. The van der Waals surface area contributed by atoms with Crippen LogP contribution in [0.3, 0.4) is 0 Å². The van der Waals surface area contributed by atoms with Gasteiger partial charge in [-0.05, 0) is 43.0 Å². The quantitative estimate of drug-likeness (QED) is 0.674. The topological polar surface area (TPSA) is 55.1 Å². The van der Waals surface area contributed by atoms with Gasteiger partial charge in [0.25, 0.3) is 0 Å². The molecular weight excluding hydrogens is 392 g/mol. The first-order valence-corrected chi connectivity index (χ1v) is 9.49. The van der Waals surface area contributed by atoms with E-state index in [0.29, 0.717) is 5.76 Å². The van der Waals surface area contributed by atoms with Gasteiger partial charge in [0.05, 0.1) is 18.2 Å². The Morgan fingerprint density at radius 1 is 1.23 bits per heavy atom. The molecule has 0 saturated carbocycles. The number of benzene rings is 2. The average molecular weight is 411 g/mol. The molecule has 3 aromatic rings.